The Labute approximate surface area is 142 Å². The van der Waals surface area contributed by atoms with Crippen LogP contribution in [0.2, 0.25) is 0 Å². The van der Waals surface area contributed by atoms with E-state index in [-0.39, 0.29) is 0 Å². The minimum Gasteiger partial charge on any atom is -0.378 e. The molecule has 1 aromatic heterocycles. The third-order valence-corrected chi connectivity index (χ3v) is 3.79. The van der Waals surface area contributed by atoms with E-state index in [1.54, 1.807) is 12.5 Å². The predicted molar refractivity (Wildman–Crippen MR) is 97.0 cm³/mol. The average molecular weight is 326 g/mol. The summed E-state index contributed by atoms with van der Waals surface area (Å²) in [7, 11) is 4.04. The number of ether oxygens (including phenoxy) is 1. The van der Waals surface area contributed by atoms with Gasteiger partial charge in [0.2, 0.25) is 0 Å². The van der Waals surface area contributed by atoms with E-state index in [1.807, 2.05) is 32.3 Å². The van der Waals surface area contributed by atoms with Crippen molar-refractivity contribution < 1.29 is 4.74 Å². The van der Waals surface area contributed by atoms with Crippen LogP contribution in [0.4, 0.5) is 17.3 Å². The van der Waals surface area contributed by atoms with Crippen LogP contribution in [-0.2, 0) is 4.74 Å². The molecular weight excluding hydrogens is 304 g/mol. The van der Waals surface area contributed by atoms with Gasteiger partial charge in [-0.2, -0.15) is 5.10 Å². The van der Waals surface area contributed by atoms with Gasteiger partial charge in [0.05, 0.1) is 19.4 Å². The molecule has 126 valence electrons. The molecule has 2 aromatic rings. The van der Waals surface area contributed by atoms with Gasteiger partial charge < -0.3 is 14.5 Å². The van der Waals surface area contributed by atoms with Gasteiger partial charge in [0.25, 0.3) is 0 Å². The summed E-state index contributed by atoms with van der Waals surface area (Å²) in [6.45, 7) is 3.15. The smallest absolute Gasteiger partial charge is 0.151 e. The molecule has 0 unspecified atom stereocenters. The quantitative estimate of drug-likeness (QED) is 0.668. The fraction of sp³-hybridized carbons (Fsp3) is 0.353. The van der Waals surface area contributed by atoms with Crippen LogP contribution in [-0.4, -0.2) is 56.6 Å². The fourth-order valence-corrected chi connectivity index (χ4v) is 2.41. The van der Waals surface area contributed by atoms with Crippen LogP contribution < -0.4 is 15.2 Å². The zero-order chi connectivity index (χ0) is 16.8. The highest BCUT2D eigenvalue weighted by atomic mass is 16.5. The predicted octanol–water partition coefficient (Wildman–Crippen LogP) is 1.83. The second-order valence-corrected chi connectivity index (χ2v) is 5.72. The maximum absolute atomic E-state index is 5.36. The number of hydrogen-bond acceptors (Lipinski definition) is 7. The Balaban J connectivity index is 1.61. The number of benzene rings is 1. The number of rotatable bonds is 5. The number of anilines is 3. The van der Waals surface area contributed by atoms with Gasteiger partial charge in [-0.1, -0.05) is 12.1 Å². The highest BCUT2D eigenvalue weighted by Crippen LogP contribution is 2.15. The summed E-state index contributed by atoms with van der Waals surface area (Å²) in [4.78, 5) is 12.8. The van der Waals surface area contributed by atoms with Crippen LogP contribution in [0.15, 0.2) is 41.8 Å². The van der Waals surface area contributed by atoms with Crippen molar-refractivity contribution in [2.45, 2.75) is 0 Å². The maximum atomic E-state index is 5.36. The van der Waals surface area contributed by atoms with E-state index in [0.29, 0.717) is 5.82 Å². The van der Waals surface area contributed by atoms with Crippen LogP contribution in [0.1, 0.15) is 5.56 Å². The van der Waals surface area contributed by atoms with E-state index >= 15 is 0 Å². The lowest BCUT2D eigenvalue weighted by Gasteiger charge is -2.27. The molecule has 3 rings (SSSR count). The maximum Gasteiger partial charge on any atom is 0.151 e. The van der Waals surface area contributed by atoms with E-state index in [4.69, 9.17) is 4.74 Å². The van der Waals surface area contributed by atoms with Gasteiger partial charge in [-0.25, -0.2) is 9.97 Å². The van der Waals surface area contributed by atoms with E-state index < -0.39 is 0 Å². The lowest BCUT2D eigenvalue weighted by atomic mass is 10.2. The Hall–Kier alpha value is -2.67. The van der Waals surface area contributed by atoms with Crippen molar-refractivity contribution in [3.63, 3.8) is 0 Å². The van der Waals surface area contributed by atoms with E-state index in [0.717, 1.165) is 43.4 Å². The van der Waals surface area contributed by atoms with Crippen molar-refractivity contribution in [2.24, 2.45) is 5.10 Å². The van der Waals surface area contributed by atoms with Crippen LogP contribution in [0, 0.1) is 0 Å². The molecular formula is C17H22N6O. The second-order valence-electron chi connectivity index (χ2n) is 5.72. The van der Waals surface area contributed by atoms with Crippen molar-refractivity contribution in [1.29, 1.82) is 0 Å². The number of morpholine rings is 1. The van der Waals surface area contributed by atoms with Crippen molar-refractivity contribution in [3.8, 4) is 0 Å². The molecule has 2 heterocycles. The SMILES string of the molecule is CN(C)c1ccc(/C=N\Nc2cc(N3CCOCC3)ncn2)cc1. The number of hydrogen-bond donors (Lipinski definition) is 1. The van der Waals surface area contributed by atoms with Gasteiger partial charge >= 0.3 is 0 Å². The third-order valence-electron chi connectivity index (χ3n) is 3.79. The molecule has 0 amide bonds. The van der Waals surface area contributed by atoms with Gasteiger partial charge in [0.15, 0.2) is 5.82 Å². The number of aromatic nitrogens is 2. The molecule has 1 aliphatic rings. The molecule has 0 aliphatic carbocycles. The number of nitrogens with zero attached hydrogens (tertiary/aromatic N) is 5. The summed E-state index contributed by atoms with van der Waals surface area (Å²) in [6.07, 6.45) is 3.32. The molecule has 0 saturated carbocycles. The van der Waals surface area contributed by atoms with E-state index in [2.05, 4.69) is 42.4 Å². The highest BCUT2D eigenvalue weighted by molar-refractivity contribution is 5.80. The highest BCUT2D eigenvalue weighted by Gasteiger charge is 2.12. The molecule has 0 radical (unpaired) electrons. The van der Waals surface area contributed by atoms with Crippen molar-refractivity contribution >= 4 is 23.5 Å². The Bertz CT molecular complexity index is 680. The van der Waals surface area contributed by atoms with Gasteiger partial charge in [-0.05, 0) is 17.7 Å². The lowest BCUT2D eigenvalue weighted by molar-refractivity contribution is 0.122. The van der Waals surface area contributed by atoms with Crippen molar-refractivity contribution in [3.05, 3.63) is 42.2 Å². The Kier molecular flexibility index (Phi) is 5.22. The van der Waals surface area contributed by atoms with Gasteiger partial charge in [0, 0.05) is 38.9 Å². The zero-order valence-corrected chi connectivity index (χ0v) is 14.0. The first-order chi connectivity index (χ1) is 11.7. The Morgan fingerprint density at radius 3 is 2.62 bits per heavy atom. The van der Waals surface area contributed by atoms with Crippen molar-refractivity contribution in [2.75, 3.05) is 55.6 Å². The minimum absolute atomic E-state index is 0.674. The summed E-state index contributed by atoms with van der Waals surface area (Å²) in [5.74, 6) is 1.56. The summed E-state index contributed by atoms with van der Waals surface area (Å²) in [5.41, 5.74) is 5.14. The molecule has 1 fully saturated rings. The van der Waals surface area contributed by atoms with Crippen LogP contribution in [0.25, 0.3) is 0 Å². The van der Waals surface area contributed by atoms with E-state index in [9.17, 15) is 0 Å². The topological polar surface area (TPSA) is 65.9 Å². The largest absolute Gasteiger partial charge is 0.378 e. The van der Waals surface area contributed by atoms with Crippen LogP contribution >= 0.6 is 0 Å². The average Bonchev–Trinajstić information content (AvgIpc) is 2.63. The summed E-state index contributed by atoms with van der Waals surface area (Å²) in [5, 5.41) is 4.25. The summed E-state index contributed by atoms with van der Waals surface area (Å²) < 4.78 is 5.36. The van der Waals surface area contributed by atoms with Crippen LogP contribution in [0.5, 0.6) is 0 Å². The molecule has 0 bridgehead atoms. The fourth-order valence-electron chi connectivity index (χ4n) is 2.41. The molecule has 1 N–H and O–H groups in total. The Morgan fingerprint density at radius 2 is 1.92 bits per heavy atom. The zero-order valence-electron chi connectivity index (χ0n) is 14.0. The first-order valence-corrected chi connectivity index (χ1v) is 7.93. The third kappa shape index (κ3) is 4.20. The molecule has 0 atom stereocenters. The lowest BCUT2D eigenvalue weighted by Crippen LogP contribution is -2.36. The molecule has 1 aromatic carbocycles. The number of nitrogens with one attached hydrogen (secondary N) is 1. The first kappa shape index (κ1) is 16.2. The Morgan fingerprint density at radius 1 is 1.17 bits per heavy atom. The molecule has 1 saturated heterocycles. The monoisotopic (exact) mass is 326 g/mol. The molecule has 24 heavy (non-hydrogen) atoms. The molecule has 1 aliphatic heterocycles. The number of hydrazone groups is 1. The molecule has 7 nitrogen and oxygen atoms in total. The molecule has 0 spiro atoms. The van der Waals surface area contributed by atoms with Gasteiger partial charge in [0.1, 0.15) is 12.1 Å². The standard InChI is InChI=1S/C17H22N6O/c1-22(2)15-5-3-14(4-6-15)12-20-21-16-11-17(19-13-18-16)23-7-9-24-10-8-23/h3-6,11-13H,7-10H2,1-2H3,(H,18,19,21)/b20-12-. The van der Waals surface area contributed by atoms with Crippen LogP contribution in [0.3, 0.4) is 0 Å². The van der Waals surface area contributed by atoms with Gasteiger partial charge in [-0.15, -0.1) is 0 Å². The molecule has 7 heteroatoms. The van der Waals surface area contributed by atoms with E-state index in [1.165, 1.54) is 0 Å². The minimum atomic E-state index is 0.674. The summed E-state index contributed by atoms with van der Waals surface area (Å²) >= 11 is 0. The first-order valence-electron chi connectivity index (χ1n) is 7.93. The normalized spacial score (nSPS) is 14.8. The van der Waals surface area contributed by atoms with Crippen molar-refractivity contribution in [1.82, 2.24) is 9.97 Å². The summed E-state index contributed by atoms with van der Waals surface area (Å²) in [6, 6.07) is 10.1. The second kappa shape index (κ2) is 7.74. The van der Waals surface area contributed by atoms with Gasteiger partial charge in [-0.3, -0.25) is 5.43 Å².